The van der Waals surface area contributed by atoms with Crippen molar-refractivity contribution >= 4 is 5.78 Å². The average Bonchev–Trinajstić information content (AvgIpc) is 2.70. The molecule has 0 saturated heterocycles. The number of fused-ring (bicyclic) bond motifs is 5. The molecule has 0 amide bonds. The van der Waals surface area contributed by atoms with E-state index in [-0.39, 0.29) is 5.41 Å². The Morgan fingerprint density at radius 3 is 2.68 bits per heavy atom. The molecular weight excluding hydrogens is 268 g/mol. The lowest BCUT2D eigenvalue weighted by Gasteiger charge is -2.53. The van der Waals surface area contributed by atoms with Crippen molar-refractivity contribution in [2.24, 2.45) is 46.8 Å². The molecule has 4 aliphatic rings. The fourth-order valence-corrected chi connectivity index (χ4v) is 7.19. The molecule has 8 atom stereocenters. The van der Waals surface area contributed by atoms with Crippen molar-refractivity contribution in [2.45, 2.75) is 66.2 Å². The number of hydrogen-bond donors (Lipinski definition) is 0. The molecule has 4 aliphatic carbocycles. The molecule has 0 N–H and O–H groups in total. The van der Waals surface area contributed by atoms with Gasteiger partial charge in [-0.3, -0.25) is 4.79 Å². The topological polar surface area (TPSA) is 17.1 Å². The zero-order valence-corrected chi connectivity index (χ0v) is 14.8. The summed E-state index contributed by atoms with van der Waals surface area (Å²) in [4.78, 5) is 12.7. The van der Waals surface area contributed by atoms with Crippen LogP contribution in [-0.4, -0.2) is 5.78 Å². The number of rotatable bonds is 0. The summed E-state index contributed by atoms with van der Waals surface area (Å²) in [6, 6.07) is 0. The molecule has 1 heteroatoms. The van der Waals surface area contributed by atoms with Crippen LogP contribution in [0.1, 0.15) is 66.2 Å². The Labute approximate surface area is 135 Å². The van der Waals surface area contributed by atoms with Crippen LogP contribution < -0.4 is 0 Å². The Balaban J connectivity index is 1.67. The Morgan fingerprint density at radius 1 is 1.14 bits per heavy atom. The summed E-state index contributed by atoms with van der Waals surface area (Å²) < 4.78 is 0. The Hall–Kier alpha value is -0.590. The number of hydrogen-bond acceptors (Lipinski definition) is 1. The minimum atomic E-state index is 0.0110. The molecule has 22 heavy (non-hydrogen) atoms. The summed E-state index contributed by atoms with van der Waals surface area (Å²) >= 11 is 0. The van der Waals surface area contributed by atoms with Crippen molar-refractivity contribution in [3.63, 3.8) is 0 Å². The number of allylic oxidation sites excluding steroid dienone is 2. The van der Waals surface area contributed by atoms with Gasteiger partial charge in [-0.2, -0.15) is 0 Å². The summed E-state index contributed by atoms with van der Waals surface area (Å²) in [5.74, 6) is 5.77. The number of ketones is 1. The maximum Gasteiger partial charge on any atom is 0.141 e. The van der Waals surface area contributed by atoms with E-state index in [1.165, 1.54) is 25.7 Å². The largest absolute Gasteiger partial charge is 0.299 e. The maximum atomic E-state index is 12.7. The number of Topliss-reactive ketones (excluding diaryl/α,β-unsaturated/α-hetero) is 1. The second-order valence-corrected chi connectivity index (χ2v) is 9.45. The molecule has 122 valence electrons. The van der Waals surface area contributed by atoms with Crippen LogP contribution in [0.25, 0.3) is 0 Å². The van der Waals surface area contributed by atoms with Gasteiger partial charge in [0.15, 0.2) is 0 Å². The predicted octanol–water partition coefficient (Wildman–Crippen LogP) is 5.26. The molecule has 0 aliphatic heterocycles. The summed E-state index contributed by atoms with van der Waals surface area (Å²) in [5, 5.41) is 0. The first kappa shape index (κ1) is 15.0. The standard InChI is InChI=1S/C21H32O/c1-12-9-13(2)19-15(10-12)5-6-16-17(19)7-8-21(4)18(16)11-14(3)20(21)22/h5,12-14,16-19H,6-11H2,1-4H3/t12-,13+,14?,16?,17?,18?,19?,21-/m0/s1. The van der Waals surface area contributed by atoms with Gasteiger partial charge in [-0.25, -0.2) is 0 Å². The average molecular weight is 300 g/mol. The molecule has 0 heterocycles. The first-order valence-corrected chi connectivity index (χ1v) is 9.65. The minimum Gasteiger partial charge on any atom is -0.299 e. The lowest BCUT2D eigenvalue weighted by Crippen LogP contribution is -2.47. The highest BCUT2D eigenvalue weighted by molar-refractivity contribution is 5.89. The minimum absolute atomic E-state index is 0.0110. The van der Waals surface area contributed by atoms with Gasteiger partial charge in [-0.15, -0.1) is 0 Å². The molecule has 3 saturated carbocycles. The Bertz CT molecular complexity index is 518. The van der Waals surface area contributed by atoms with E-state index in [1.54, 1.807) is 5.57 Å². The fraction of sp³-hybridized carbons (Fsp3) is 0.857. The number of carbonyl (C=O) groups excluding carboxylic acids is 1. The Kier molecular flexibility index (Phi) is 3.37. The van der Waals surface area contributed by atoms with Gasteiger partial charge in [0.25, 0.3) is 0 Å². The summed E-state index contributed by atoms with van der Waals surface area (Å²) in [6.07, 6.45) is 10.2. The summed E-state index contributed by atoms with van der Waals surface area (Å²) in [5.41, 5.74) is 1.80. The molecule has 1 nitrogen and oxygen atoms in total. The van der Waals surface area contributed by atoms with E-state index in [4.69, 9.17) is 0 Å². The van der Waals surface area contributed by atoms with Crippen LogP contribution in [0.5, 0.6) is 0 Å². The van der Waals surface area contributed by atoms with Crippen LogP contribution in [0.15, 0.2) is 11.6 Å². The van der Waals surface area contributed by atoms with E-state index in [2.05, 4.69) is 33.8 Å². The van der Waals surface area contributed by atoms with E-state index in [9.17, 15) is 4.79 Å². The molecule has 5 unspecified atom stereocenters. The molecular formula is C21H32O. The Morgan fingerprint density at radius 2 is 1.91 bits per heavy atom. The zero-order chi connectivity index (χ0) is 15.6. The normalized spacial score (nSPS) is 54.3. The van der Waals surface area contributed by atoms with Gasteiger partial charge in [-0.05, 0) is 74.0 Å². The third kappa shape index (κ3) is 1.93. The highest BCUT2D eigenvalue weighted by Crippen LogP contribution is 2.62. The van der Waals surface area contributed by atoms with Crippen molar-refractivity contribution < 1.29 is 4.79 Å². The highest BCUT2D eigenvalue weighted by Gasteiger charge is 2.58. The number of carbonyl (C=O) groups is 1. The first-order chi connectivity index (χ1) is 10.4. The van der Waals surface area contributed by atoms with Gasteiger partial charge in [0.1, 0.15) is 5.78 Å². The van der Waals surface area contributed by atoms with Gasteiger partial charge in [0.05, 0.1) is 0 Å². The van der Waals surface area contributed by atoms with Crippen molar-refractivity contribution in [3.8, 4) is 0 Å². The second-order valence-electron chi connectivity index (χ2n) is 9.45. The molecule has 0 aromatic carbocycles. The van der Waals surface area contributed by atoms with Gasteiger partial charge in [0, 0.05) is 11.3 Å². The molecule has 0 spiro atoms. The lowest BCUT2D eigenvalue weighted by molar-refractivity contribution is -0.133. The van der Waals surface area contributed by atoms with Gasteiger partial charge >= 0.3 is 0 Å². The van der Waals surface area contributed by atoms with Crippen LogP contribution in [0.4, 0.5) is 0 Å². The molecule has 0 radical (unpaired) electrons. The molecule has 0 bridgehead atoms. The van der Waals surface area contributed by atoms with Crippen LogP contribution in [-0.2, 0) is 4.79 Å². The third-order valence-corrected chi connectivity index (χ3v) is 8.01. The molecule has 0 aromatic heterocycles. The predicted molar refractivity (Wildman–Crippen MR) is 90.4 cm³/mol. The van der Waals surface area contributed by atoms with E-state index in [0.29, 0.717) is 17.6 Å². The van der Waals surface area contributed by atoms with Crippen LogP contribution in [0.2, 0.25) is 0 Å². The maximum absolute atomic E-state index is 12.7. The highest BCUT2D eigenvalue weighted by atomic mass is 16.1. The second kappa shape index (κ2) is 4.95. The summed E-state index contributed by atoms with van der Waals surface area (Å²) in [7, 11) is 0. The van der Waals surface area contributed by atoms with Crippen molar-refractivity contribution in [2.75, 3.05) is 0 Å². The smallest absolute Gasteiger partial charge is 0.141 e. The van der Waals surface area contributed by atoms with E-state index >= 15 is 0 Å². The van der Waals surface area contributed by atoms with E-state index in [1.807, 2.05) is 0 Å². The zero-order valence-electron chi connectivity index (χ0n) is 14.8. The fourth-order valence-electron chi connectivity index (χ4n) is 7.19. The van der Waals surface area contributed by atoms with Crippen molar-refractivity contribution in [1.82, 2.24) is 0 Å². The molecule has 3 fully saturated rings. The third-order valence-electron chi connectivity index (χ3n) is 8.01. The monoisotopic (exact) mass is 300 g/mol. The van der Waals surface area contributed by atoms with Crippen LogP contribution in [0, 0.1) is 46.8 Å². The van der Waals surface area contributed by atoms with Crippen LogP contribution >= 0.6 is 0 Å². The van der Waals surface area contributed by atoms with Gasteiger partial charge in [-0.1, -0.05) is 39.3 Å². The SMILES string of the molecule is CC1CC2C3CC=C4C[C@@H](C)C[C@@H](C)C4C3CC[C@]2(C)C1=O. The molecule has 0 aromatic rings. The van der Waals surface area contributed by atoms with Gasteiger partial charge in [0.2, 0.25) is 0 Å². The van der Waals surface area contributed by atoms with Crippen LogP contribution in [0.3, 0.4) is 0 Å². The quantitative estimate of drug-likeness (QED) is 0.558. The summed E-state index contributed by atoms with van der Waals surface area (Å²) in [6.45, 7) is 9.39. The van der Waals surface area contributed by atoms with Gasteiger partial charge < -0.3 is 0 Å². The van der Waals surface area contributed by atoms with E-state index in [0.717, 1.165) is 42.4 Å². The first-order valence-electron chi connectivity index (χ1n) is 9.65. The lowest BCUT2D eigenvalue weighted by atomic mass is 9.51. The van der Waals surface area contributed by atoms with Crippen molar-refractivity contribution in [3.05, 3.63) is 11.6 Å². The van der Waals surface area contributed by atoms with Crippen molar-refractivity contribution in [1.29, 1.82) is 0 Å². The molecule has 4 rings (SSSR count). The van der Waals surface area contributed by atoms with E-state index < -0.39 is 0 Å².